The lowest BCUT2D eigenvalue weighted by atomic mass is 9.94. The van der Waals surface area contributed by atoms with Gasteiger partial charge >= 0.3 is 0 Å². The van der Waals surface area contributed by atoms with Crippen molar-refractivity contribution in [2.24, 2.45) is 5.73 Å². The molecule has 1 aromatic heterocycles. The molecule has 1 unspecified atom stereocenters. The summed E-state index contributed by atoms with van der Waals surface area (Å²) in [6, 6.07) is 1.83. The van der Waals surface area contributed by atoms with E-state index in [-0.39, 0.29) is 6.54 Å². The molecule has 0 aliphatic carbocycles. The molecule has 3 heteroatoms. The van der Waals surface area contributed by atoms with Crippen LogP contribution in [-0.2, 0) is 5.67 Å². The van der Waals surface area contributed by atoms with Crippen LogP contribution in [0.25, 0.3) is 0 Å². The molecule has 0 aliphatic rings. The first-order valence-corrected chi connectivity index (χ1v) is 4.95. The molecular weight excluding hydrogens is 173 g/mol. The Morgan fingerprint density at radius 2 is 2.33 bits per heavy atom. The zero-order valence-electron chi connectivity index (χ0n) is 7.43. The van der Waals surface area contributed by atoms with E-state index in [1.807, 2.05) is 25.3 Å². The van der Waals surface area contributed by atoms with Gasteiger partial charge < -0.3 is 5.73 Å². The topological polar surface area (TPSA) is 26.0 Å². The molecule has 0 spiro atoms. The molecule has 0 aliphatic heterocycles. The van der Waals surface area contributed by atoms with E-state index in [1.165, 1.54) is 0 Å². The third kappa shape index (κ3) is 1.52. The minimum atomic E-state index is -1.32. The molecule has 0 amide bonds. The first kappa shape index (κ1) is 9.68. The standard InChI is InChI=1S/C9H14FNS/c1-3-9(10,6-11)8-4-5-12-7(8)2/h4-5H,3,6,11H2,1-2H3. The Morgan fingerprint density at radius 1 is 1.67 bits per heavy atom. The molecule has 1 atom stereocenters. The monoisotopic (exact) mass is 187 g/mol. The first-order valence-electron chi connectivity index (χ1n) is 4.07. The Kier molecular flexibility index (Phi) is 2.85. The summed E-state index contributed by atoms with van der Waals surface area (Å²) >= 11 is 1.57. The van der Waals surface area contributed by atoms with E-state index < -0.39 is 5.67 Å². The lowest BCUT2D eigenvalue weighted by molar-refractivity contribution is 0.169. The van der Waals surface area contributed by atoms with Gasteiger partial charge in [0.15, 0.2) is 0 Å². The van der Waals surface area contributed by atoms with Crippen LogP contribution in [0.1, 0.15) is 23.8 Å². The third-order valence-corrected chi connectivity index (χ3v) is 3.07. The number of hydrogen-bond acceptors (Lipinski definition) is 2. The van der Waals surface area contributed by atoms with E-state index >= 15 is 0 Å². The maximum absolute atomic E-state index is 14.0. The molecule has 0 fully saturated rings. The van der Waals surface area contributed by atoms with Gasteiger partial charge in [0.05, 0.1) is 0 Å². The SMILES string of the molecule is CCC(F)(CN)c1ccsc1C. The minimum absolute atomic E-state index is 0.0705. The molecule has 0 radical (unpaired) electrons. The number of halogens is 1. The third-order valence-electron chi connectivity index (χ3n) is 2.23. The number of rotatable bonds is 3. The van der Waals surface area contributed by atoms with E-state index in [9.17, 15) is 4.39 Å². The summed E-state index contributed by atoms with van der Waals surface area (Å²) in [6.07, 6.45) is 0.446. The molecule has 1 aromatic rings. The smallest absolute Gasteiger partial charge is 0.148 e. The molecular formula is C9H14FNS. The quantitative estimate of drug-likeness (QED) is 0.773. The van der Waals surface area contributed by atoms with Crippen LogP contribution in [0.5, 0.6) is 0 Å². The number of thiophene rings is 1. The van der Waals surface area contributed by atoms with Crippen LogP contribution in [0.2, 0.25) is 0 Å². The average Bonchev–Trinajstić information content (AvgIpc) is 2.51. The van der Waals surface area contributed by atoms with Gasteiger partial charge in [0.2, 0.25) is 0 Å². The number of hydrogen-bond donors (Lipinski definition) is 1. The van der Waals surface area contributed by atoms with Crippen LogP contribution in [0.4, 0.5) is 4.39 Å². The van der Waals surface area contributed by atoms with Gasteiger partial charge in [-0.3, -0.25) is 0 Å². The highest BCUT2D eigenvalue weighted by Gasteiger charge is 2.29. The normalized spacial score (nSPS) is 16.0. The summed E-state index contributed by atoms with van der Waals surface area (Å²) in [5.41, 5.74) is 4.85. The highest BCUT2D eigenvalue weighted by Crippen LogP contribution is 2.33. The summed E-state index contributed by atoms with van der Waals surface area (Å²) in [5.74, 6) is 0. The van der Waals surface area contributed by atoms with Crippen molar-refractivity contribution in [2.75, 3.05) is 6.54 Å². The van der Waals surface area contributed by atoms with Gasteiger partial charge in [-0.1, -0.05) is 6.92 Å². The Balaban J connectivity index is 3.02. The second-order valence-corrected chi connectivity index (χ2v) is 4.03. The summed E-state index contributed by atoms with van der Waals surface area (Å²) < 4.78 is 14.0. The van der Waals surface area contributed by atoms with E-state index in [2.05, 4.69) is 0 Å². The van der Waals surface area contributed by atoms with E-state index in [1.54, 1.807) is 11.3 Å². The largest absolute Gasteiger partial charge is 0.327 e. The highest BCUT2D eigenvalue weighted by molar-refractivity contribution is 7.10. The molecule has 1 nitrogen and oxygen atoms in total. The molecule has 1 heterocycles. The van der Waals surface area contributed by atoms with Crippen molar-refractivity contribution in [3.63, 3.8) is 0 Å². The molecule has 0 saturated carbocycles. The molecule has 68 valence electrons. The fourth-order valence-electron chi connectivity index (χ4n) is 1.29. The lowest BCUT2D eigenvalue weighted by Crippen LogP contribution is -2.29. The van der Waals surface area contributed by atoms with Gasteiger partial charge in [0, 0.05) is 17.0 Å². The first-order chi connectivity index (χ1) is 5.64. The van der Waals surface area contributed by atoms with Gasteiger partial charge in [0.25, 0.3) is 0 Å². The maximum atomic E-state index is 14.0. The van der Waals surface area contributed by atoms with Crippen LogP contribution >= 0.6 is 11.3 Å². The predicted octanol–water partition coefficient (Wildman–Crippen LogP) is 2.59. The molecule has 0 aromatic carbocycles. The fourth-order valence-corrected chi connectivity index (χ4v) is 2.08. The maximum Gasteiger partial charge on any atom is 0.148 e. The van der Waals surface area contributed by atoms with Gasteiger partial charge in [-0.2, -0.15) is 0 Å². The van der Waals surface area contributed by atoms with Crippen molar-refractivity contribution in [3.05, 3.63) is 21.9 Å². The van der Waals surface area contributed by atoms with Crippen molar-refractivity contribution in [3.8, 4) is 0 Å². The minimum Gasteiger partial charge on any atom is -0.327 e. The average molecular weight is 187 g/mol. The molecule has 1 rings (SSSR count). The Hall–Kier alpha value is -0.410. The van der Waals surface area contributed by atoms with Crippen molar-refractivity contribution in [1.29, 1.82) is 0 Å². The Morgan fingerprint density at radius 3 is 2.67 bits per heavy atom. The number of aryl methyl sites for hydroxylation is 1. The van der Waals surface area contributed by atoms with Crippen LogP contribution < -0.4 is 5.73 Å². The highest BCUT2D eigenvalue weighted by atomic mass is 32.1. The summed E-state index contributed by atoms with van der Waals surface area (Å²) in [7, 11) is 0. The summed E-state index contributed by atoms with van der Waals surface area (Å²) in [5, 5.41) is 1.91. The van der Waals surface area contributed by atoms with Gasteiger partial charge in [-0.15, -0.1) is 11.3 Å². The van der Waals surface area contributed by atoms with Crippen molar-refractivity contribution in [2.45, 2.75) is 25.9 Å². The van der Waals surface area contributed by atoms with Gasteiger partial charge in [-0.05, 0) is 24.8 Å². The van der Waals surface area contributed by atoms with Crippen molar-refractivity contribution in [1.82, 2.24) is 0 Å². The second kappa shape index (κ2) is 3.54. The van der Waals surface area contributed by atoms with Crippen molar-refractivity contribution < 1.29 is 4.39 Å². The second-order valence-electron chi connectivity index (χ2n) is 2.91. The zero-order valence-corrected chi connectivity index (χ0v) is 8.25. The summed E-state index contributed by atoms with van der Waals surface area (Å²) in [4.78, 5) is 1.03. The molecule has 0 bridgehead atoms. The van der Waals surface area contributed by atoms with Gasteiger partial charge in [0.1, 0.15) is 5.67 Å². The molecule has 2 N–H and O–H groups in total. The van der Waals surface area contributed by atoms with Crippen LogP contribution in [0, 0.1) is 6.92 Å². The Labute approximate surface area is 76.4 Å². The van der Waals surface area contributed by atoms with E-state index in [0.717, 1.165) is 10.4 Å². The summed E-state index contributed by atoms with van der Waals surface area (Å²) in [6.45, 7) is 3.82. The predicted molar refractivity (Wildman–Crippen MR) is 51.2 cm³/mol. The number of nitrogens with two attached hydrogens (primary N) is 1. The van der Waals surface area contributed by atoms with E-state index in [0.29, 0.717) is 6.42 Å². The van der Waals surface area contributed by atoms with E-state index in [4.69, 9.17) is 5.73 Å². The Bertz CT molecular complexity index is 253. The zero-order chi connectivity index (χ0) is 9.19. The lowest BCUT2D eigenvalue weighted by Gasteiger charge is -2.21. The van der Waals surface area contributed by atoms with Crippen LogP contribution in [0.3, 0.4) is 0 Å². The number of alkyl halides is 1. The molecule has 0 saturated heterocycles. The van der Waals surface area contributed by atoms with Crippen molar-refractivity contribution >= 4 is 11.3 Å². The van der Waals surface area contributed by atoms with Crippen LogP contribution in [-0.4, -0.2) is 6.54 Å². The van der Waals surface area contributed by atoms with Crippen LogP contribution in [0.15, 0.2) is 11.4 Å². The molecule has 12 heavy (non-hydrogen) atoms. The van der Waals surface area contributed by atoms with Gasteiger partial charge in [-0.25, -0.2) is 4.39 Å². The fraction of sp³-hybridized carbons (Fsp3) is 0.556.